The number of carbonyl (C=O) groups excluding carboxylic acids is 1. The van der Waals surface area contributed by atoms with E-state index in [0.717, 1.165) is 0 Å². The minimum atomic E-state index is -0.633. The van der Waals surface area contributed by atoms with Crippen molar-refractivity contribution in [2.75, 3.05) is 0 Å². The number of phenols is 1. The fourth-order valence-corrected chi connectivity index (χ4v) is 1.49. The highest BCUT2D eigenvalue weighted by atomic mass is 79.9. The molecule has 5 N–H and O–H groups in total. The predicted molar refractivity (Wildman–Crippen MR) is 66.1 cm³/mol. The Morgan fingerprint density at radius 3 is 2.82 bits per heavy atom. The highest BCUT2D eigenvalue weighted by Crippen LogP contribution is 2.21. The third-order valence-electron chi connectivity index (χ3n) is 2.11. The Morgan fingerprint density at radius 1 is 1.59 bits per heavy atom. The Balaban J connectivity index is 2.87. The molecule has 0 aliphatic heterocycles. The summed E-state index contributed by atoms with van der Waals surface area (Å²) in [6.07, 6.45) is 0. The summed E-state index contributed by atoms with van der Waals surface area (Å²) >= 11 is 3.19. The quantitative estimate of drug-likeness (QED) is 0.289. The van der Waals surface area contributed by atoms with Gasteiger partial charge in [-0.15, -0.1) is 0 Å². The van der Waals surface area contributed by atoms with Crippen LogP contribution in [-0.2, 0) is 0 Å². The van der Waals surface area contributed by atoms with Crippen molar-refractivity contribution in [2.24, 2.45) is 10.9 Å². The molecular weight excluding hydrogens is 290 g/mol. The van der Waals surface area contributed by atoms with Crippen molar-refractivity contribution in [1.82, 2.24) is 5.32 Å². The van der Waals surface area contributed by atoms with Crippen LogP contribution in [0.4, 0.5) is 0 Å². The van der Waals surface area contributed by atoms with Crippen LogP contribution in [0.25, 0.3) is 0 Å². The summed E-state index contributed by atoms with van der Waals surface area (Å²) in [5.74, 6) is -0.770. The van der Waals surface area contributed by atoms with Gasteiger partial charge in [-0.3, -0.25) is 4.79 Å². The number of hydrogen-bond acceptors (Lipinski definition) is 4. The van der Waals surface area contributed by atoms with Crippen LogP contribution in [0.2, 0.25) is 0 Å². The standard InChI is InChI=1S/C10H12BrN3O3/c1-5(9(12)14-17)13-10(16)7-4-6(11)2-3-8(7)15/h2-5,15,17H,1H3,(H2,12,14)(H,13,16). The van der Waals surface area contributed by atoms with Gasteiger partial charge in [-0.05, 0) is 25.1 Å². The molecule has 0 fully saturated rings. The van der Waals surface area contributed by atoms with Gasteiger partial charge >= 0.3 is 0 Å². The van der Waals surface area contributed by atoms with Crippen LogP contribution >= 0.6 is 15.9 Å². The lowest BCUT2D eigenvalue weighted by atomic mass is 10.1. The van der Waals surface area contributed by atoms with Crippen LogP contribution in [-0.4, -0.2) is 28.1 Å². The van der Waals surface area contributed by atoms with Gasteiger partial charge in [0.05, 0.1) is 11.6 Å². The van der Waals surface area contributed by atoms with Gasteiger partial charge in [-0.25, -0.2) is 0 Å². The van der Waals surface area contributed by atoms with E-state index in [4.69, 9.17) is 10.9 Å². The van der Waals surface area contributed by atoms with E-state index in [2.05, 4.69) is 26.4 Å². The number of hydrogen-bond donors (Lipinski definition) is 4. The third kappa shape index (κ3) is 3.35. The molecule has 0 aromatic heterocycles. The number of aromatic hydroxyl groups is 1. The number of phenolic OH excluding ortho intramolecular Hbond substituents is 1. The minimum absolute atomic E-state index is 0.108. The van der Waals surface area contributed by atoms with E-state index in [0.29, 0.717) is 4.47 Å². The molecule has 1 unspecified atom stereocenters. The first-order valence-electron chi connectivity index (χ1n) is 4.72. The van der Waals surface area contributed by atoms with Crippen molar-refractivity contribution in [3.8, 4) is 5.75 Å². The summed E-state index contributed by atoms with van der Waals surface area (Å²) in [6, 6.07) is 3.85. The van der Waals surface area contributed by atoms with Crippen molar-refractivity contribution in [2.45, 2.75) is 13.0 Å². The molecule has 1 rings (SSSR count). The number of oxime groups is 1. The van der Waals surface area contributed by atoms with E-state index in [1.54, 1.807) is 13.0 Å². The van der Waals surface area contributed by atoms with Crippen LogP contribution in [0, 0.1) is 0 Å². The predicted octanol–water partition coefficient (Wildman–Crippen LogP) is 1.02. The van der Waals surface area contributed by atoms with Gasteiger partial charge in [-0.2, -0.15) is 0 Å². The number of amidine groups is 1. The number of benzene rings is 1. The molecule has 0 heterocycles. The Kier molecular flexibility index (Phi) is 4.33. The SMILES string of the molecule is CC(NC(=O)c1cc(Br)ccc1O)/C(N)=N/O. The molecule has 92 valence electrons. The summed E-state index contributed by atoms with van der Waals surface area (Å²) in [7, 11) is 0. The maximum atomic E-state index is 11.8. The fourth-order valence-electron chi connectivity index (χ4n) is 1.13. The van der Waals surface area contributed by atoms with Gasteiger partial charge in [0.2, 0.25) is 0 Å². The highest BCUT2D eigenvalue weighted by Gasteiger charge is 2.16. The molecule has 0 saturated carbocycles. The van der Waals surface area contributed by atoms with Crippen molar-refractivity contribution < 1.29 is 15.1 Å². The van der Waals surface area contributed by atoms with Gasteiger partial charge in [0.1, 0.15) is 5.75 Å². The lowest BCUT2D eigenvalue weighted by molar-refractivity contribution is 0.0946. The van der Waals surface area contributed by atoms with Crippen molar-refractivity contribution in [3.63, 3.8) is 0 Å². The Bertz CT molecular complexity index is 462. The van der Waals surface area contributed by atoms with E-state index in [9.17, 15) is 9.90 Å². The number of rotatable bonds is 3. The largest absolute Gasteiger partial charge is 0.507 e. The van der Waals surface area contributed by atoms with E-state index in [-0.39, 0.29) is 17.1 Å². The summed E-state index contributed by atoms with van der Waals surface area (Å²) in [5, 5.41) is 23.2. The Hall–Kier alpha value is -1.76. The first-order valence-corrected chi connectivity index (χ1v) is 5.51. The summed E-state index contributed by atoms with van der Waals surface area (Å²) in [5.41, 5.74) is 5.43. The number of nitrogens with one attached hydrogen (secondary N) is 1. The van der Waals surface area contributed by atoms with E-state index in [1.165, 1.54) is 12.1 Å². The average Bonchev–Trinajstić information content (AvgIpc) is 2.30. The van der Waals surface area contributed by atoms with Crippen LogP contribution in [0.15, 0.2) is 27.8 Å². The van der Waals surface area contributed by atoms with Crippen LogP contribution in [0.3, 0.4) is 0 Å². The van der Waals surface area contributed by atoms with Gasteiger partial charge in [0, 0.05) is 4.47 Å². The zero-order valence-electron chi connectivity index (χ0n) is 9.01. The van der Waals surface area contributed by atoms with Gasteiger partial charge < -0.3 is 21.4 Å². The number of halogens is 1. The average molecular weight is 302 g/mol. The number of carbonyl (C=O) groups is 1. The van der Waals surface area contributed by atoms with Crippen LogP contribution in [0.5, 0.6) is 5.75 Å². The van der Waals surface area contributed by atoms with E-state index >= 15 is 0 Å². The molecule has 0 saturated heterocycles. The molecule has 0 radical (unpaired) electrons. The third-order valence-corrected chi connectivity index (χ3v) is 2.60. The van der Waals surface area contributed by atoms with Crippen LogP contribution in [0.1, 0.15) is 17.3 Å². The molecule has 0 aliphatic rings. The van der Waals surface area contributed by atoms with Gasteiger partial charge in [-0.1, -0.05) is 21.1 Å². The first kappa shape index (κ1) is 13.3. The lowest BCUT2D eigenvalue weighted by Gasteiger charge is -2.12. The second-order valence-electron chi connectivity index (χ2n) is 3.38. The minimum Gasteiger partial charge on any atom is -0.507 e. The second-order valence-corrected chi connectivity index (χ2v) is 4.30. The maximum absolute atomic E-state index is 11.8. The molecule has 1 aromatic carbocycles. The maximum Gasteiger partial charge on any atom is 0.255 e. The molecule has 1 aromatic rings. The highest BCUT2D eigenvalue weighted by molar-refractivity contribution is 9.10. The van der Waals surface area contributed by atoms with Crippen molar-refractivity contribution in [1.29, 1.82) is 0 Å². The Morgan fingerprint density at radius 2 is 2.24 bits per heavy atom. The van der Waals surface area contributed by atoms with Crippen LogP contribution < -0.4 is 11.1 Å². The van der Waals surface area contributed by atoms with Gasteiger partial charge in [0.25, 0.3) is 5.91 Å². The zero-order valence-corrected chi connectivity index (χ0v) is 10.6. The second kappa shape index (κ2) is 5.53. The summed E-state index contributed by atoms with van der Waals surface area (Å²) < 4.78 is 0.664. The summed E-state index contributed by atoms with van der Waals surface area (Å²) in [4.78, 5) is 11.8. The van der Waals surface area contributed by atoms with E-state index in [1.807, 2.05) is 0 Å². The molecule has 1 atom stereocenters. The van der Waals surface area contributed by atoms with Crippen molar-refractivity contribution >= 4 is 27.7 Å². The normalized spacial score (nSPS) is 13.2. The molecule has 1 amide bonds. The topological polar surface area (TPSA) is 108 Å². The van der Waals surface area contributed by atoms with Gasteiger partial charge in [0.15, 0.2) is 5.84 Å². The fraction of sp³-hybridized carbons (Fsp3) is 0.200. The molecule has 0 spiro atoms. The van der Waals surface area contributed by atoms with Crippen molar-refractivity contribution in [3.05, 3.63) is 28.2 Å². The molecule has 0 aliphatic carbocycles. The molecule has 7 heteroatoms. The Labute approximate surface area is 106 Å². The monoisotopic (exact) mass is 301 g/mol. The zero-order chi connectivity index (χ0) is 13.0. The number of nitrogens with zero attached hydrogens (tertiary/aromatic N) is 1. The lowest BCUT2D eigenvalue weighted by Crippen LogP contribution is -2.42. The summed E-state index contributed by atoms with van der Waals surface area (Å²) in [6.45, 7) is 1.56. The van der Waals surface area contributed by atoms with E-state index < -0.39 is 11.9 Å². The molecule has 0 bridgehead atoms. The molecular formula is C10H12BrN3O3. The first-order chi connectivity index (χ1) is 7.95. The number of amides is 1. The smallest absolute Gasteiger partial charge is 0.255 e. The molecule has 6 nitrogen and oxygen atoms in total. The number of nitrogens with two attached hydrogens (primary N) is 1. The molecule has 17 heavy (non-hydrogen) atoms.